The number of rotatable bonds is 8. The van der Waals surface area contributed by atoms with Gasteiger partial charge in [-0.3, -0.25) is 4.57 Å². The highest BCUT2D eigenvalue weighted by Gasteiger charge is 2.16. The second kappa shape index (κ2) is 10.1. The summed E-state index contributed by atoms with van der Waals surface area (Å²) in [6.07, 6.45) is 3.38. The molecule has 0 radical (unpaired) electrons. The highest BCUT2D eigenvalue weighted by molar-refractivity contribution is 5.89. The first-order valence-corrected chi connectivity index (χ1v) is 11.5. The maximum Gasteiger partial charge on any atom is 0.168 e. The number of aliphatic hydroxyl groups excluding tert-OH is 1. The van der Waals surface area contributed by atoms with Crippen molar-refractivity contribution in [3.8, 4) is 33.8 Å². The van der Waals surface area contributed by atoms with Gasteiger partial charge in [-0.1, -0.05) is 60.7 Å². The van der Waals surface area contributed by atoms with E-state index < -0.39 is 0 Å². The minimum Gasteiger partial charge on any atom is -0.504 e. The van der Waals surface area contributed by atoms with Crippen LogP contribution in [0.5, 0.6) is 5.75 Å². The Hall–Kier alpha value is -4.04. The van der Waals surface area contributed by atoms with Gasteiger partial charge in [-0.25, -0.2) is 9.97 Å². The predicted molar refractivity (Wildman–Crippen MR) is 138 cm³/mol. The number of nitrogens with two attached hydrogens (primary N) is 1. The molecule has 0 saturated heterocycles. The molecule has 5 N–H and O–H groups in total. The van der Waals surface area contributed by atoms with Gasteiger partial charge in [0.2, 0.25) is 0 Å². The Morgan fingerprint density at radius 1 is 0.914 bits per heavy atom. The molecule has 0 unspecified atom stereocenters. The summed E-state index contributed by atoms with van der Waals surface area (Å²) in [4.78, 5) is 8.94. The predicted octanol–water partition coefficient (Wildman–Crippen LogP) is 4.00. The van der Waals surface area contributed by atoms with Gasteiger partial charge in [0.15, 0.2) is 5.75 Å². The van der Waals surface area contributed by atoms with Gasteiger partial charge < -0.3 is 21.3 Å². The van der Waals surface area contributed by atoms with Crippen LogP contribution in [0.4, 0.5) is 0 Å². The van der Waals surface area contributed by atoms with Crippen LogP contribution in [0.15, 0.2) is 85.3 Å². The molecule has 0 aliphatic carbocycles. The van der Waals surface area contributed by atoms with Gasteiger partial charge in [0.25, 0.3) is 0 Å². The zero-order chi connectivity index (χ0) is 24.2. The van der Waals surface area contributed by atoms with Crippen molar-refractivity contribution in [1.29, 1.82) is 0 Å². The molecule has 0 atom stereocenters. The molecule has 5 rings (SSSR count). The van der Waals surface area contributed by atoms with Crippen molar-refractivity contribution in [3.63, 3.8) is 0 Å². The number of nitrogens with zero attached hydrogens (tertiary/aromatic N) is 3. The molecule has 0 spiro atoms. The minimum atomic E-state index is 0.0829. The molecule has 2 heterocycles. The highest BCUT2D eigenvalue weighted by atomic mass is 16.3. The lowest BCUT2D eigenvalue weighted by Crippen LogP contribution is -2.17. The molecule has 7 heteroatoms. The molecule has 35 heavy (non-hydrogen) atoms. The highest BCUT2D eigenvalue weighted by Crippen LogP contribution is 2.36. The second-order valence-electron chi connectivity index (χ2n) is 8.31. The number of nitrogens with one attached hydrogen (secondary N) is 1. The average molecular weight is 466 g/mol. The fourth-order valence-electron chi connectivity index (χ4n) is 4.30. The Morgan fingerprint density at radius 3 is 2.51 bits per heavy atom. The second-order valence-corrected chi connectivity index (χ2v) is 8.31. The third-order valence-corrected chi connectivity index (χ3v) is 6.08. The van der Waals surface area contributed by atoms with Gasteiger partial charge in [0, 0.05) is 30.9 Å². The first kappa shape index (κ1) is 22.7. The Balaban J connectivity index is 1.51. The summed E-state index contributed by atoms with van der Waals surface area (Å²) >= 11 is 0. The maximum atomic E-state index is 11.2. The first-order valence-electron chi connectivity index (χ1n) is 11.5. The van der Waals surface area contributed by atoms with E-state index in [-0.39, 0.29) is 12.4 Å². The van der Waals surface area contributed by atoms with E-state index in [1.54, 1.807) is 12.5 Å². The van der Waals surface area contributed by atoms with Crippen LogP contribution >= 0.6 is 0 Å². The number of pyridine rings is 1. The van der Waals surface area contributed by atoms with Crippen molar-refractivity contribution >= 4 is 11.0 Å². The van der Waals surface area contributed by atoms with Gasteiger partial charge in [-0.15, -0.1) is 0 Å². The summed E-state index contributed by atoms with van der Waals surface area (Å²) in [6, 6.07) is 24.1. The van der Waals surface area contributed by atoms with E-state index in [9.17, 15) is 5.11 Å². The molecule has 0 aliphatic heterocycles. The van der Waals surface area contributed by atoms with Crippen molar-refractivity contribution in [2.45, 2.75) is 13.1 Å². The molecule has 7 nitrogen and oxygen atoms in total. The van der Waals surface area contributed by atoms with E-state index in [4.69, 9.17) is 10.8 Å². The SMILES string of the molecule is NCc1cccc(-n2cnc3cnc(-c4ccc(-c5ccccc5CNCCO)cc4)c(O)c32)c1. The lowest BCUT2D eigenvalue weighted by molar-refractivity contribution is 0.292. The molecule has 0 aliphatic rings. The summed E-state index contributed by atoms with van der Waals surface area (Å²) in [6.45, 7) is 1.77. The third-order valence-electron chi connectivity index (χ3n) is 6.08. The summed E-state index contributed by atoms with van der Waals surface area (Å²) in [5, 5.41) is 23.5. The van der Waals surface area contributed by atoms with Gasteiger partial charge >= 0.3 is 0 Å². The summed E-state index contributed by atoms with van der Waals surface area (Å²) in [5.41, 5.74) is 13.6. The fraction of sp³-hybridized carbons (Fsp3) is 0.143. The molecule has 0 amide bonds. The Labute approximate surface area is 203 Å². The van der Waals surface area contributed by atoms with Crippen LogP contribution in [-0.4, -0.2) is 37.9 Å². The minimum absolute atomic E-state index is 0.0829. The molecule has 176 valence electrons. The molecule has 0 saturated carbocycles. The van der Waals surface area contributed by atoms with Gasteiger partial charge in [-0.05, 0) is 34.4 Å². The molecule has 0 fully saturated rings. The van der Waals surface area contributed by atoms with Gasteiger partial charge in [-0.2, -0.15) is 0 Å². The zero-order valence-electron chi connectivity index (χ0n) is 19.2. The van der Waals surface area contributed by atoms with Crippen molar-refractivity contribution in [2.24, 2.45) is 5.73 Å². The largest absolute Gasteiger partial charge is 0.504 e. The Bertz CT molecular complexity index is 1460. The summed E-state index contributed by atoms with van der Waals surface area (Å²) in [7, 11) is 0. The van der Waals surface area contributed by atoms with Gasteiger partial charge in [0.05, 0.1) is 12.8 Å². The van der Waals surface area contributed by atoms with E-state index in [1.165, 1.54) is 0 Å². The number of aromatic nitrogens is 3. The Morgan fingerprint density at radius 2 is 1.71 bits per heavy atom. The first-order chi connectivity index (χ1) is 17.2. The third kappa shape index (κ3) is 4.52. The zero-order valence-corrected chi connectivity index (χ0v) is 19.2. The molecule has 0 bridgehead atoms. The number of imidazole rings is 1. The van der Waals surface area contributed by atoms with Gasteiger partial charge in [0.1, 0.15) is 23.1 Å². The van der Waals surface area contributed by atoms with Crippen molar-refractivity contribution in [3.05, 3.63) is 96.4 Å². The lowest BCUT2D eigenvalue weighted by Gasteiger charge is -2.12. The Kier molecular flexibility index (Phi) is 6.54. The van der Waals surface area contributed by atoms with Crippen LogP contribution in [0, 0.1) is 0 Å². The molecule has 2 aromatic heterocycles. The topological polar surface area (TPSA) is 109 Å². The summed E-state index contributed by atoms with van der Waals surface area (Å²) in [5.74, 6) is 0.0829. The molecule has 5 aromatic rings. The molecule has 3 aromatic carbocycles. The van der Waals surface area contributed by atoms with Crippen molar-refractivity contribution in [1.82, 2.24) is 19.9 Å². The number of aromatic hydroxyl groups is 1. The number of hydrogen-bond acceptors (Lipinski definition) is 6. The van der Waals surface area contributed by atoms with Crippen LogP contribution in [0.25, 0.3) is 39.1 Å². The molecular weight excluding hydrogens is 438 g/mol. The quantitative estimate of drug-likeness (QED) is 0.258. The van der Waals surface area contributed by atoms with Crippen LogP contribution in [0.2, 0.25) is 0 Å². The fourth-order valence-corrected chi connectivity index (χ4v) is 4.30. The van der Waals surface area contributed by atoms with Crippen molar-refractivity contribution in [2.75, 3.05) is 13.2 Å². The van der Waals surface area contributed by atoms with Crippen molar-refractivity contribution < 1.29 is 10.2 Å². The van der Waals surface area contributed by atoms with E-state index >= 15 is 0 Å². The standard InChI is InChI=1S/C28H27N5O2/c29-15-19-4-3-6-23(14-19)33-18-32-25-17-31-26(28(35)27(25)33)21-10-8-20(9-11-21)24-7-2-1-5-22(24)16-30-12-13-34/h1-11,14,17-18,30,34-35H,12-13,15-16,29H2. The van der Waals surface area contributed by atoms with E-state index in [1.807, 2.05) is 65.2 Å². The molecular formula is C28H27N5O2. The van der Waals surface area contributed by atoms with E-state index in [0.717, 1.165) is 33.5 Å². The number of hydrogen-bond donors (Lipinski definition) is 4. The van der Waals surface area contributed by atoms with Crippen LogP contribution in [0.3, 0.4) is 0 Å². The number of aliphatic hydroxyl groups is 1. The average Bonchev–Trinajstić information content (AvgIpc) is 3.35. The van der Waals surface area contributed by atoms with Crippen LogP contribution < -0.4 is 11.1 Å². The van der Waals surface area contributed by atoms with E-state index in [2.05, 4.69) is 27.4 Å². The number of fused-ring (bicyclic) bond motifs is 1. The van der Waals surface area contributed by atoms with Crippen LogP contribution in [0.1, 0.15) is 11.1 Å². The maximum absolute atomic E-state index is 11.2. The monoisotopic (exact) mass is 465 g/mol. The number of benzene rings is 3. The smallest absolute Gasteiger partial charge is 0.168 e. The van der Waals surface area contributed by atoms with E-state index in [0.29, 0.717) is 36.4 Å². The lowest BCUT2D eigenvalue weighted by atomic mass is 9.97. The summed E-state index contributed by atoms with van der Waals surface area (Å²) < 4.78 is 1.86. The van der Waals surface area contributed by atoms with Crippen LogP contribution in [-0.2, 0) is 13.1 Å². The normalized spacial score (nSPS) is 11.3.